The Labute approximate surface area is 463 Å². The molecule has 3 saturated heterocycles. The summed E-state index contributed by atoms with van der Waals surface area (Å²) < 4.78 is 5.98. The van der Waals surface area contributed by atoms with E-state index in [9.17, 15) is 74.4 Å². The fraction of sp³-hybridized carbons (Fsp3) is 0.759. The summed E-state index contributed by atoms with van der Waals surface area (Å²) in [4.78, 5) is 104. The first-order valence-corrected chi connectivity index (χ1v) is 28.0. The Morgan fingerprint density at radius 3 is 2.01 bits per heavy atom. The number of nitrogens with zero attached hydrogens (tertiary/aromatic N) is 3. The number of hydrogen-bond acceptors (Lipinski definition) is 18. The lowest BCUT2D eigenvalue weighted by Crippen LogP contribution is -2.65. The largest absolute Gasteiger partial charge is 0.508 e. The van der Waals surface area contributed by atoms with Crippen LogP contribution in [0.1, 0.15) is 123 Å². The van der Waals surface area contributed by atoms with E-state index in [2.05, 4.69) is 52.7 Å². The zero-order valence-electron chi connectivity index (χ0n) is 47.0. The number of phenols is 1. The van der Waals surface area contributed by atoms with Crippen molar-refractivity contribution in [2.75, 3.05) is 53.9 Å². The molecule has 4 rings (SSSR count). The van der Waals surface area contributed by atoms with Crippen molar-refractivity contribution in [3.8, 4) is 5.75 Å². The zero-order valence-corrected chi connectivity index (χ0v) is 47.0. The summed E-state index contributed by atoms with van der Waals surface area (Å²) in [6.07, 6.45) is -6.91. The fourth-order valence-corrected chi connectivity index (χ4v) is 10.3. The monoisotopic (exact) mass is 1120 g/mol. The van der Waals surface area contributed by atoms with E-state index in [-0.39, 0.29) is 50.4 Å². The molecule has 25 nitrogen and oxygen atoms in total. The van der Waals surface area contributed by atoms with E-state index in [0.29, 0.717) is 24.7 Å². The van der Waals surface area contributed by atoms with Crippen LogP contribution in [-0.4, -0.2) is 230 Å². The Balaban J connectivity index is 1.75. The molecule has 0 saturated carbocycles. The van der Waals surface area contributed by atoms with Crippen LogP contribution in [0.15, 0.2) is 24.3 Å². The van der Waals surface area contributed by atoms with E-state index in [1.807, 2.05) is 0 Å². The SMILES string of the molecule is CCC(C)CC(C)CCCCCCCCC(=O)NC1CC(O)C(OCCN(C)C)NC(=O)C2C(O)CCN2C(=O)C(C(O)CNC)NC(=O)C(C(O)C(O)c2ccc(O)cc2)NC(=O)C2CC(O)CN2C(=O)C(C(C)O)NC1=O. The number of rotatable bonds is 24. The van der Waals surface area contributed by atoms with Crippen LogP contribution in [0.5, 0.6) is 5.75 Å². The van der Waals surface area contributed by atoms with Gasteiger partial charge in [0.05, 0.1) is 31.0 Å². The van der Waals surface area contributed by atoms with Crippen LogP contribution in [0.25, 0.3) is 0 Å². The summed E-state index contributed by atoms with van der Waals surface area (Å²) in [7, 11) is 4.88. The van der Waals surface area contributed by atoms with E-state index >= 15 is 0 Å². The Hall–Kier alpha value is -5.09. The molecule has 14 N–H and O–H groups in total. The Kier molecular flexibility index (Phi) is 27.2. The van der Waals surface area contributed by atoms with Gasteiger partial charge in [-0.1, -0.05) is 77.8 Å². The van der Waals surface area contributed by atoms with Crippen LogP contribution in [0.3, 0.4) is 0 Å². The lowest BCUT2D eigenvalue weighted by molar-refractivity contribution is -0.149. The molecule has 0 aliphatic carbocycles. The third-order valence-corrected chi connectivity index (χ3v) is 15.1. The predicted molar refractivity (Wildman–Crippen MR) is 288 cm³/mol. The van der Waals surface area contributed by atoms with E-state index in [1.165, 1.54) is 37.7 Å². The van der Waals surface area contributed by atoms with Gasteiger partial charge in [0.15, 0.2) is 6.23 Å². The maximum Gasteiger partial charge on any atom is 0.248 e. The number of fused-ring (bicyclic) bond motifs is 2. The van der Waals surface area contributed by atoms with Crippen molar-refractivity contribution in [3.63, 3.8) is 0 Å². The number of aromatic hydroxyl groups is 1. The topological polar surface area (TPSA) is 372 Å². The number of ether oxygens (including phenoxy) is 1. The van der Waals surface area contributed by atoms with E-state index < -0.39 is 146 Å². The van der Waals surface area contributed by atoms with Gasteiger partial charge in [-0.05, 0) is 76.9 Å². The smallest absolute Gasteiger partial charge is 0.248 e. The van der Waals surface area contributed by atoms with Gasteiger partial charge >= 0.3 is 0 Å². The first-order valence-electron chi connectivity index (χ1n) is 28.0. The number of hydrogen-bond donors (Lipinski definition) is 14. The molecule has 79 heavy (non-hydrogen) atoms. The van der Waals surface area contributed by atoms with Gasteiger partial charge in [-0.2, -0.15) is 0 Å². The Morgan fingerprint density at radius 1 is 0.759 bits per heavy atom. The summed E-state index contributed by atoms with van der Waals surface area (Å²) in [6.45, 7) is 6.82. The van der Waals surface area contributed by atoms with Crippen LogP contribution >= 0.6 is 0 Å². The van der Waals surface area contributed by atoms with Gasteiger partial charge in [0.25, 0.3) is 0 Å². The zero-order chi connectivity index (χ0) is 58.7. The van der Waals surface area contributed by atoms with Gasteiger partial charge < -0.3 is 92.2 Å². The third-order valence-electron chi connectivity index (χ3n) is 15.1. The predicted octanol–water partition coefficient (Wildman–Crippen LogP) is -2.41. The molecule has 3 fully saturated rings. The second-order valence-corrected chi connectivity index (χ2v) is 22.1. The number of phenolic OH excluding ortho intramolecular Hbond substituents is 1. The number of unbranched alkanes of at least 4 members (excludes halogenated alkanes) is 5. The molecule has 3 aliphatic heterocycles. The van der Waals surface area contributed by atoms with Gasteiger partial charge in [0.2, 0.25) is 41.4 Å². The first-order chi connectivity index (χ1) is 37.4. The first kappa shape index (κ1) is 66.4. The Morgan fingerprint density at radius 2 is 1.38 bits per heavy atom. The average Bonchev–Trinajstić information content (AvgIpc) is 4.07. The summed E-state index contributed by atoms with van der Waals surface area (Å²) in [5, 5.41) is 105. The van der Waals surface area contributed by atoms with E-state index in [1.54, 1.807) is 19.0 Å². The van der Waals surface area contributed by atoms with Crippen LogP contribution in [0.2, 0.25) is 0 Å². The second kappa shape index (κ2) is 32.4. The minimum Gasteiger partial charge on any atom is -0.508 e. The van der Waals surface area contributed by atoms with Crippen LogP contribution < -0.4 is 31.9 Å². The normalized spacial score (nSPS) is 28.3. The molecule has 3 heterocycles. The highest BCUT2D eigenvalue weighted by Crippen LogP contribution is 2.27. The van der Waals surface area contributed by atoms with Gasteiger partial charge in [-0.15, -0.1) is 0 Å². The maximum atomic E-state index is 14.7. The summed E-state index contributed by atoms with van der Waals surface area (Å²) in [5.41, 5.74) is -0.0525. The number of carbonyl (C=O) groups excluding carboxylic acids is 7. The minimum atomic E-state index is -2.27. The summed E-state index contributed by atoms with van der Waals surface area (Å²) >= 11 is 0. The number of aliphatic hydroxyl groups excluding tert-OH is 7. The molecule has 16 atom stereocenters. The van der Waals surface area contributed by atoms with Crippen molar-refractivity contribution >= 4 is 41.4 Å². The van der Waals surface area contributed by atoms with E-state index in [0.717, 1.165) is 55.2 Å². The third kappa shape index (κ3) is 19.8. The molecule has 16 unspecified atom stereocenters. The van der Waals surface area contributed by atoms with Gasteiger partial charge in [-0.3, -0.25) is 33.6 Å². The van der Waals surface area contributed by atoms with Crippen molar-refractivity contribution in [3.05, 3.63) is 29.8 Å². The molecule has 0 radical (unpaired) electrons. The van der Waals surface area contributed by atoms with Crippen molar-refractivity contribution < 1.29 is 79.2 Å². The number of benzene rings is 1. The van der Waals surface area contributed by atoms with Crippen molar-refractivity contribution in [2.45, 2.75) is 196 Å². The Bertz CT molecular complexity index is 2120. The van der Waals surface area contributed by atoms with Gasteiger partial charge in [-0.25, -0.2) is 0 Å². The number of likely N-dealkylation sites (N-methyl/N-ethyl adjacent to an activating group) is 2. The molecule has 448 valence electrons. The standard InChI is InChI=1S/C54H91N9O16/c1-8-30(2)25-31(3)15-13-11-9-10-12-14-16-41(70)56-36-27-39(68)52(79-24-23-61(6)7)60-51(76)45-38(67)21-22-62(45)54(78)43(40(69)28-55-5)58-50(75)44(47(72)46(71)33-17-19-34(65)20-18-33)59-49(74)37-26-35(66)29-63(37)53(77)42(32(4)64)57-48(36)73/h17-20,30-32,35-40,42-47,52,55,64-69,71-72H,8-16,21-29H2,1-7H3,(H,56,70)(H,57,73)(H,58,75)(H,59,74)(H,60,76). The molecule has 1 aromatic carbocycles. The maximum absolute atomic E-state index is 14.7. The minimum absolute atomic E-state index is 0.0288. The lowest BCUT2D eigenvalue weighted by atomic mass is 9.91. The van der Waals surface area contributed by atoms with Crippen LogP contribution in [0.4, 0.5) is 0 Å². The number of aliphatic hydroxyl groups is 7. The molecule has 25 heteroatoms. The lowest BCUT2D eigenvalue weighted by Gasteiger charge is -2.35. The average molecular weight is 1120 g/mol. The summed E-state index contributed by atoms with van der Waals surface area (Å²) in [6, 6.07) is -6.39. The molecule has 3 aliphatic rings. The highest BCUT2D eigenvalue weighted by atomic mass is 16.5. The molecule has 0 aromatic heterocycles. The van der Waals surface area contributed by atoms with Crippen molar-refractivity contribution in [1.82, 2.24) is 46.6 Å². The summed E-state index contributed by atoms with van der Waals surface area (Å²) in [5.74, 6) is -6.43. The molecule has 0 bridgehead atoms. The highest BCUT2D eigenvalue weighted by molar-refractivity contribution is 5.98. The highest BCUT2D eigenvalue weighted by Gasteiger charge is 2.49. The van der Waals surface area contributed by atoms with Crippen molar-refractivity contribution in [1.29, 1.82) is 0 Å². The molecular formula is C54H91N9O16. The number of nitrogens with one attached hydrogen (secondary N) is 6. The fourth-order valence-electron chi connectivity index (χ4n) is 10.3. The van der Waals surface area contributed by atoms with Gasteiger partial charge in [0, 0.05) is 45.4 Å². The van der Waals surface area contributed by atoms with Crippen molar-refractivity contribution in [2.24, 2.45) is 11.8 Å². The van der Waals surface area contributed by atoms with E-state index in [4.69, 9.17) is 4.74 Å². The molecule has 0 spiro atoms. The quantitative estimate of drug-likeness (QED) is 0.0480. The van der Waals surface area contributed by atoms with Gasteiger partial charge in [0.1, 0.15) is 60.3 Å². The van der Waals surface area contributed by atoms with Crippen LogP contribution in [0, 0.1) is 11.8 Å². The number of carbonyl (C=O) groups is 7. The molecule has 1 aromatic rings. The number of amides is 7. The molecular weight excluding hydrogens is 1030 g/mol. The van der Waals surface area contributed by atoms with Crippen LogP contribution in [-0.2, 0) is 38.3 Å². The molecule has 7 amide bonds. The second-order valence-electron chi connectivity index (χ2n) is 22.1.